The summed E-state index contributed by atoms with van der Waals surface area (Å²) in [7, 11) is 0. The Labute approximate surface area is 106 Å². The fourth-order valence-corrected chi connectivity index (χ4v) is 2.07. The Morgan fingerprint density at radius 1 is 1.39 bits per heavy atom. The number of carboxylic acids is 1. The summed E-state index contributed by atoms with van der Waals surface area (Å²) in [5.41, 5.74) is -0.388. The molecule has 0 fully saturated rings. The van der Waals surface area contributed by atoms with Crippen LogP contribution in [0.25, 0.3) is 0 Å². The second-order valence-electron chi connectivity index (χ2n) is 3.67. The number of hydrogen-bond acceptors (Lipinski definition) is 2. The number of nitrogens with one attached hydrogen (secondary N) is 1. The van der Waals surface area contributed by atoms with Gasteiger partial charge in [0.05, 0.1) is 5.57 Å². The van der Waals surface area contributed by atoms with E-state index in [-0.39, 0.29) is 11.1 Å². The van der Waals surface area contributed by atoms with E-state index in [1.807, 2.05) is 0 Å². The number of dihydropyridines is 1. The Hall–Kier alpha value is -1.88. The van der Waals surface area contributed by atoms with E-state index in [1.54, 1.807) is 0 Å². The minimum Gasteiger partial charge on any atom is -0.478 e. The molecule has 6 heteroatoms. The maximum atomic E-state index is 13.7. The average molecular weight is 272 g/mol. The lowest BCUT2D eigenvalue weighted by molar-refractivity contribution is -0.133. The van der Waals surface area contributed by atoms with Crippen LogP contribution >= 0.6 is 11.6 Å². The summed E-state index contributed by atoms with van der Waals surface area (Å²) in [6, 6.07) is 2.78. The van der Waals surface area contributed by atoms with Crippen molar-refractivity contribution in [3.8, 4) is 0 Å². The minimum atomic E-state index is -1.75. The zero-order chi connectivity index (χ0) is 13.3. The predicted molar refractivity (Wildman–Crippen MR) is 61.9 cm³/mol. The quantitative estimate of drug-likeness (QED) is 0.642. The second kappa shape index (κ2) is 4.42. The normalized spacial score (nSPS) is 22.3. The molecule has 1 aliphatic heterocycles. The number of carbonyl (C=O) groups is 1. The van der Waals surface area contributed by atoms with Gasteiger partial charge in [0, 0.05) is 11.6 Å². The lowest BCUT2D eigenvalue weighted by atomic mass is 9.95. The molecular formula is C12H8ClF2NO2. The molecular weight excluding hydrogens is 264 g/mol. The molecule has 2 rings (SSSR count). The van der Waals surface area contributed by atoms with Crippen LogP contribution in [0.15, 0.2) is 42.1 Å². The molecule has 1 atom stereocenters. The van der Waals surface area contributed by atoms with Crippen LogP contribution in [0.2, 0.25) is 0 Å². The molecule has 0 aromatic heterocycles. The Kier molecular flexibility index (Phi) is 3.09. The van der Waals surface area contributed by atoms with Crippen molar-refractivity contribution in [2.45, 2.75) is 5.00 Å². The summed E-state index contributed by atoms with van der Waals surface area (Å²) in [6.45, 7) is 0. The van der Waals surface area contributed by atoms with Crippen molar-refractivity contribution in [2.75, 3.05) is 0 Å². The van der Waals surface area contributed by atoms with E-state index < -0.39 is 22.6 Å². The van der Waals surface area contributed by atoms with Gasteiger partial charge >= 0.3 is 5.97 Å². The van der Waals surface area contributed by atoms with Gasteiger partial charge in [-0.25, -0.2) is 13.6 Å². The van der Waals surface area contributed by atoms with Crippen LogP contribution in [-0.2, 0) is 9.79 Å². The molecule has 0 amide bonds. The fraction of sp³-hybridized carbons (Fsp3) is 0.0833. The van der Waals surface area contributed by atoms with Crippen LogP contribution in [0, 0.1) is 11.6 Å². The van der Waals surface area contributed by atoms with Crippen LogP contribution in [0.5, 0.6) is 0 Å². The van der Waals surface area contributed by atoms with Crippen molar-refractivity contribution in [3.63, 3.8) is 0 Å². The van der Waals surface area contributed by atoms with Crippen molar-refractivity contribution in [3.05, 3.63) is 59.3 Å². The van der Waals surface area contributed by atoms with E-state index in [0.29, 0.717) is 6.07 Å². The first-order valence-electron chi connectivity index (χ1n) is 4.98. The smallest absolute Gasteiger partial charge is 0.335 e. The number of hydrogen-bond donors (Lipinski definition) is 2. The molecule has 94 valence electrons. The summed E-state index contributed by atoms with van der Waals surface area (Å²) in [5.74, 6) is -2.96. The van der Waals surface area contributed by atoms with Crippen LogP contribution in [0.1, 0.15) is 5.56 Å². The molecule has 0 bridgehead atoms. The van der Waals surface area contributed by atoms with E-state index >= 15 is 0 Å². The summed E-state index contributed by atoms with van der Waals surface area (Å²) < 4.78 is 26.6. The Morgan fingerprint density at radius 3 is 2.72 bits per heavy atom. The molecule has 18 heavy (non-hydrogen) atoms. The zero-order valence-corrected chi connectivity index (χ0v) is 9.71. The first kappa shape index (κ1) is 12.6. The summed E-state index contributed by atoms with van der Waals surface area (Å²) in [5, 5.41) is 11.6. The van der Waals surface area contributed by atoms with Crippen molar-refractivity contribution in [1.29, 1.82) is 0 Å². The maximum absolute atomic E-state index is 13.7. The lowest BCUT2D eigenvalue weighted by Crippen LogP contribution is -2.40. The molecule has 1 aromatic carbocycles. The first-order chi connectivity index (χ1) is 8.45. The number of benzene rings is 1. The Balaban J connectivity index is 2.57. The monoisotopic (exact) mass is 271 g/mol. The van der Waals surface area contributed by atoms with E-state index in [2.05, 4.69) is 5.32 Å². The topological polar surface area (TPSA) is 49.3 Å². The third-order valence-electron chi connectivity index (χ3n) is 2.55. The molecule has 3 nitrogen and oxygen atoms in total. The molecule has 0 spiro atoms. The molecule has 1 heterocycles. The largest absolute Gasteiger partial charge is 0.478 e. The van der Waals surface area contributed by atoms with Gasteiger partial charge < -0.3 is 10.4 Å². The number of allylic oxidation sites excluding steroid dienone is 2. The highest BCUT2D eigenvalue weighted by Crippen LogP contribution is 2.37. The number of alkyl halides is 1. The summed E-state index contributed by atoms with van der Waals surface area (Å²) >= 11 is 6.15. The highest BCUT2D eigenvalue weighted by atomic mass is 35.5. The number of carboxylic acid groups (broad SMARTS) is 1. The van der Waals surface area contributed by atoms with Gasteiger partial charge in [-0.3, -0.25) is 0 Å². The van der Waals surface area contributed by atoms with Crippen LogP contribution in [0.4, 0.5) is 8.78 Å². The predicted octanol–water partition coefficient (Wildman–Crippen LogP) is 2.48. The van der Waals surface area contributed by atoms with Gasteiger partial charge in [0.2, 0.25) is 0 Å². The molecule has 0 saturated carbocycles. The van der Waals surface area contributed by atoms with Gasteiger partial charge in [-0.2, -0.15) is 0 Å². The standard InChI is InChI=1S/C12H8ClF2NO2/c13-12(8-4-3-7(14)6-10(8)15)9(11(17)18)2-1-5-16-12/h1-6,16H,(H,17,18). The molecule has 0 radical (unpaired) electrons. The number of halogens is 3. The SMILES string of the molecule is O=C(O)C1=CC=CNC1(Cl)c1ccc(F)cc1F. The Morgan fingerprint density at radius 2 is 2.11 bits per heavy atom. The van der Waals surface area contributed by atoms with Crippen molar-refractivity contribution >= 4 is 17.6 Å². The summed E-state index contributed by atoms with van der Waals surface area (Å²) in [6.07, 6.45) is 4.09. The van der Waals surface area contributed by atoms with E-state index in [4.69, 9.17) is 16.7 Å². The van der Waals surface area contributed by atoms with Gasteiger partial charge in [-0.15, -0.1) is 0 Å². The fourth-order valence-electron chi connectivity index (χ4n) is 1.71. The van der Waals surface area contributed by atoms with Gasteiger partial charge in [-0.05, 0) is 30.5 Å². The molecule has 0 saturated heterocycles. The molecule has 0 aliphatic carbocycles. The van der Waals surface area contributed by atoms with Crippen molar-refractivity contribution in [1.82, 2.24) is 5.32 Å². The van der Waals surface area contributed by atoms with Crippen LogP contribution < -0.4 is 5.32 Å². The lowest BCUT2D eigenvalue weighted by Gasteiger charge is -2.30. The van der Waals surface area contributed by atoms with E-state index in [1.165, 1.54) is 18.4 Å². The highest BCUT2D eigenvalue weighted by molar-refractivity contribution is 6.28. The minimum absolute atomic E-state index is 0.149. The average Bonchev–Trinajstić information content (AvgIpc) is 2.28. The van der Waals surface area contributed by atoms with Gasteiger partial charge in [-0.1, -0.05) is 11.6 Å². The van der Waals surface area contributed by atoms with Crippen molar-refractivity contribution in [2.24, 2.45) is 0 Å². The Bertz CT molecular complexity index is 571. The van der Waals surface area contributed by atoms with Gasteiger partial charge in [0.25, 0.3) is 0 Å². The molecule has 1 unspecified atom stereocenters. The number of rotatable bonds is 2. The summed E-state index contributed by atoms with van der Waals surface area (Å²) in [4.78, 5) is 9.35. The molecule has 2 N–H and O–H groups in total. The van der Waals surface area contributed by atoms with Gasteiger partial charge in [0.15, 0.2) is 5.00 Å². The van der Waals surface area contributed by atoms with Gasteiger partial charge in [0.1, 0.15) is 11.6 Å². The van der Waals surface area contributed by atoms with Crippen molar-refractivity contribution < 1.29 is 18.7 Å². The molecule has 1 aliphatic rings. The third-order valence-corrected chi connectivity index (χ3v) is 3.06. The first-order valence-corrected chi connectivity index (χ1v) is 5.35. The molecule has 1 aromatic rings. The highest BCUT2D eigenvalue weighted by Gasteiger charge is 2.40. The maximum Gasteiger partial charge on any atom is 0.335 e. The van der Waals surface area contributed by atoms with E-state index in [0.717, 1.165) is 12.1 Å². The second-order valence-corrected chi connectivity index (χ2v) is 4.24. The third kappa shape index (κ3) is 1.97. The van der Waals surface area contributed by atoms with Crippen LogP contribution in [0.3, 0.4) is 0 Å². The zero-order valence-electron chi connectivity index (χ0n) is 8.95. The van der Waals surface area contributed by atoms with E-state index in [9.17, 15) is 13.6 Å². The number of aliphatic carboxylic acids is 1. The van der Waals surface area contributed by atoms with Crippen LogP contribution in [-0.4, -0.2) is 11.1 Å².